The van der Waals surface area contributed by atoms with Crippen LogP contribution in [-0.4, -0.2) is 21.6 Å². The van der Waals surface area contributed by atoms with Crippen molar-refractivity contribution in [2.24, 2.45) is 5.92 Å². The third-order valence-corrected chi connectivity index (χ3v) is 2.27. The molecule has 88 valence electrons. The lowest BCUT2D eigenvalue weighted by Crippen LogP contribution is -2.30. The van der Waals surface area contributed by atoms with Crippen molar-refractivity contribution in [3.05, 3.63) is 18.0 Å². The number of hydrogen-bond acceptors (Lipinski definition) is 3. The van der Waals surface area contributed by atoms with Gasteiger partial charge in [0.25, 0.3) is 0 Å². The summed E-state index contributed by atoms with van der Waals surface area (Å²) in [6.07, 6.45) is 2.80. The third kappa shape index (κ3) is 5.02. The van der Waals surface area contributed by atoms with Crippen molar-refractivity contribution in [2.75, 3.05) is 11.9 Å². The van der Waals surface area contributed by atoms with E-state index in [1.807, 2.05) is 13.0 Å². The number of anilines is 1. The Kier molecular flexibility index (Phi) is 5.11. The molecule has 2 N–H and O–H groups in total. The van der Waals surface area contributed by atoms with Crippen LogP contribution in [0, 0.1) is 12.8 Å². The maximum Gasteiger partial charge on any atom is 0.229 e. The van der Waals surface area contributed by atoms with Gasteiger partial charge in [0, 0.05) is 18.4 Å². The molecule has 0 saturated heterocycles. The highest BCUT2D eigenvalue weighted by molar-refractivity contribution is 7.80. The molecule has 4 nitrogen and oxygen atoms in total. The zero-order valence-electron chi connectivity index (χ0n) is 9.95. The molecular weight excluding hydrogens is 220 g/mol. The van der Waals surface area contributed by atoms with Crippen molar-refractivity contribution in [1.29, 1.82) is 0 Å². The van der Waals surface area contributed by atoms with Gasteiger partial charge in [0.05, 0.1) is 0 Å². The van der Waals surface area contributed by atoms with Crippen molar-refractivity contribution in [2.45, 2.75) is 27.2 Å². The molecule has 0 aliphatic rings. The van der Waals surface area contributed by atoms with E-state index >= 15 is 0 Å². The van der Waals surface area contributed by atoms with Crippen LogP contribution in [0.25, 0.3) is 0 Å². The van der Waals surface area contributed by atoms with E-state index in [1.54, 1.807) is 6.20 Å². The van der Waals surface area contributed by atoms with Crippen LogP contribution in [0.4, 0.5) is 5.95 Å². The first-order valence-corrected chi connectivity index (χ1v) is 5.83. The lowest BCUT2D eigenvalue weighted by atomic mass is 10.1. The molecule has 0 aromatic carbocycles. The van der Waals surface area contributed by atoms with E-state index in [1.165, 1.54) is 0 Å². The molecule has 0 aliphatic heterocycles. The minimum Gasteiger partial charge on any atom is -0.362 e. The van der Waals surface area contributed by atoms with Gasteiger partial charge < -0.3 is 10.6 Å². The van der Waals surface area contributed by atoms with E-state index in [0.29, 0.717) is 17.0 Å². The first kappa shape index (κ1) is 12.8. The van der Waals surface area contributed by atoms with Crippen LogP contribution in [0.3, 0.4) is 0 Å². The van der Waals surface area contributed by atoms with Crippen molar-refractivity contribution >= 4 is 23.3 Å². The molecule has 0 unspecified atom stereocenters. The molecule has 1 rings (SSSR count). The van der Waals surface area contributed by atoms with Crippen molar-refractivity contribution in [3.63, 3.8) is 0 Å². The maximum absolute atomic E-state index is 5.13. The largest absolute Gasteiger partial charge is 0.362 e. The SMILES string of the molecule is Cc1ccnc(NC(=S)NCCC(C)C)n1. The summed E-state index contributed by atoms with van der Waals surface area (Å²) >= 11 is 5.13. The third-order valence-electron chi connectivity index (χ3n) is 2.03. The Morgan fingerprint density at radius 1 is 1.50 bits per heavy atom. The molecule has 0 aliphatic carbocycles. The van der Waals surface area contributed by atoms with Gasteiger partial charge in [0.2, 0.25) is 5.95 Å². The van der Waals surface area contributed by atoms with Gasteiger partial charge in [-0.1, -0.05) is 13.8 Å². The molecule has 1 aromatic heterocycles. The number of nitrogens with zero attached hydrogens (tertiary/aromatic N) is 2. The predicted molar refractivity (Wildman–Crippen MR) is 70.4 cm³/mol. The highest BCUT2D eigenvalue weighted by atomic mass is 32.1. The van der Waals surface area contributed by atoms with Gasteiger partial charge in [-0.3, -0.25) is 0 Å². The summed E-state index contributed by atoms with van der Waals surface area (Å²) in [6.45, 7) is 7.15. The second-order valence-electron chi connectivity index (χ2n) is 4.09. The summed E-state index contributed by atoms with van der Waals surface area (Å²) < 4.78 is 0. The molecule has 1 heterocycles. The van der Waals surface area contributed by atoms with Gasteiger partial charge in [0.1, 0.15) is 0 Å². The average Bonchev–Trinajstić information content (AvgIpc) is 2.16. The summed E-state index contributed by atoms with van der Waals surface area (Å²) in [5.41, 5.74) is 0.919. The maximum atomic E-state index is 5.13. The van der Waals surface area contributed by atoms with Crippen molar-refractivity contribution in [3.8, 4) is 0 Å². The smallest absolute Gasteiger partial charge is 0.229 e. The molecule has 5 heteroatoms. The number of aryl methyl sites for hydroxylation is 1. The fraction of sp³-hybridized carbons (Fsp3) is 0.545. The molecule has 0 spiro atoms. The molecule has 16 heavy (non-hydrogen) atoms. The van der Waals surface area contributed by atoms with Crippen LogP contribution in [0.1, 0.15) is 26.0 Å². The topological polar surface area (TPSA) is 49.8 Å². The minimum atomic E-state index is 0.544. The Hall–Kier alpha value is -1.23. The van der Waals surface area contributed by atoms with Gasteiger partial charge in [-0.05, 0) is 37.5 Å². The zero-order valence-corrected chi connectivity index (χ0v) is 10.8. The van der Waals surface area contributed by atoms with E-state index in [4.69, 9.17) is 12.2 Å². The van der Waals surface area contributed by atoms with Crippen LogP contribution < -0.4 is 10.6 Å². The second-order valence-corrected chi connectivity index (χ2v) is 4.49. The molecule has 0 atom stereocenters. The first-order valence-electron chi connectivity index (χ1n) is 5.42. The van der Waals surface area contributed by atoms with E-state index in [-0.39, 0.29) is 0 Å². The summed E-state index contributed by atoms with van der Waals surface area (Å²) in [7, 11) is 0. The Balaban J connectivity index is 2.34. The summed E-state index contributed by atoms with van der Waals surface area (Å²) in [5, 5.41) is 6.65. The minimum absolute atomic E-state index is 0.544. The predicted octanol–water partition coefficient (Wildman–Crippen LogP) is 2.12. The van der Waals surface area contributed by atoms with E-state index in [2.05, 4.69) is 34.4 Å². The lowest BCUT2D eigenvalue weighted by Gasteiger charge is -2.10. The summed E-state index contributed by atoms with van der Waals surface area (Å²) in [4.78, 5) is 8.28. The van der Waals surface area contributed by atoms with Crippen molar-refractivity contribution in [1.82, 2.24) is 15.3 Å². The van der Waals surface area contributed by atoms with Crippen molar-refractivity contribution < 1.29 is 0 Å². The lowest BCUT2D eigenvalue weighted by molar-refractivity contribution is 0.579. The normalized spacial score (nSPS) is 10.2. The van der Waals surface area contributed by atoms with Crippen LogP contribution in [0.5, 0.6) is 0 Å². The van der Waals surface area contributed by atoms with Gasteiger partial charge >= 0.3 is 0 Å². The van der Waals surface area contributed by atoms with Crippen LogP contribution in [-0.2, 0) is 0 Å². The van der Waals surface area contributed by atoms with E-state index < -0.39 is 0 Å². The van der Waals surface area contributed by atoms with Gasteiger partial charge in [-0.2, -0.15) is 0 Å². The number of hydrogen-bond donors (Lipinski definition) is 2. The highest BCUT2D eigenvalue weighted by Gasteiger charge is 2.00. The molecule has 1 aromatic rings. The quantitative estimate of drug-likeness (QED) is 0.787. The number of rotatable bonds is 4. The Morgan fingerprint density at radius 3 is 2.88 bits per heavy atom. The van der Waals surface area contributed by atoms with Gasteiger partial charge in [-0.15, -0.1) is 0 Å². The van der Waals surface area contributed by atoms with Crippen LogP contribution >= 0.6 is 12.2 Å². The Bertz CT molecular complexity index is 352. The molecule has 0 bridgehead atoms. The molecule has 0 radical (unpaired) electrons. The number of thiocarbonyl (C=S) groups is 1. The fourth-order valence-electron chi connectivity index (χ4n) is 1.13. The molecule has 0 fully saturated rings. The zero-order chi connectivity index (χ0) is 12.0. The highest BCUT2D eigenvalue weighted by Crippen LogP contribution is 1.99. The first-order chi connectivity index (χ1) is 7.58. The second kappa shape index (κ2) is 6.37. The standard InChI is InChI=1S/C11H18N4S/c1-8(2)4-6-13-11(16)15-10-12-7-5-9(3)14-10/h5,7-8H,4,6H2,1-3H3,(H2,12,13,14,15,16). The van der Waals surface area contributed by atoms with E-state index in [0.717, 1.165) is 18.7 Å². The van der Waals surface area contributed by atoms with E-state index in [9.17, 15) is 0 Å². The average molecular weight is 238 g/mol. The number of nitrogens with one attached hydrogen (secondary N) is 2. The van der Waals surface area contributed by atoms with Crippen LogP contribution in [0.15, 0.2) is 12.3 Å². The number of aromatic nitrogens is 2. The molecule has 0 saturated carbocycles. The summed E-state index contributed by atoms with van der Waals surface area (Å²) in [5.74, 6) is 1.22. The monoisotopic (exact) mass is 238 g/mol. The van der Waals surface area contributed by atoms with Gasteiger partial charge in [0.15, 0.2) is 5.11 Å². The molecule has 0 amide bonds. The Morgan fingerprint density at radius 2 is 2.25 bits per heavy atom. The fourth-order valence-corrected chi connectivity index (χ4v) is 1.32. The summed E-state index contributed by atoms with van der Waals surface area (Å²) in [6, 6.07) is 1.85. The molecular formula is C11H18N4S. The Labute approximate surface area is 102 Å². The van der Waals surface area contributed by atoms with Crippen LogP contribution in [0.2, 0.25) is 0 Å². The van der Waals surface area contributed by atoms with Gasteiger partial charge in [-0.25, -0.2) is 9.97 Å².